The van der Waals surface area contributed by atoms with E-state index in [1.165, 1.54) is 0 Å². The Morgan fingerprint density at radius 3 is 2.70 bits per heavy atom. The van der Waals surface area contributed by atoms with E-state index in [-0.39, 0.29) is 17.7 Å². The molecule has 1 saturated heterocycles. The van der Waals surface area contributed by atoms with E-state index < -0.39 is 0 Å². The second kappa shape index (κ2) is 8.11. The molecule has 0 bridgehead atoms. The van der Waals surface area contributed by atoms with Crippen LogP contribution in [0.2, 0.25) is 0 Å². The number of nitrogens with zero attached hydrogens (tertiary/aromatic N) is 4. The average molecular weight is 368 g/mol. The Labute approximate surface area is 158 Å². The van der Waals surface area contributed by atoms with Gasteiger partial charge >= 0.3 is 0 Å². The van der Waals surface area contributed by atoms with E-state index in [9.17, 15) is 9.59 Å². The molecule has 0 spiro atoms. The van der Waals surface area contributed by atoms with Crippen LogP contribution >= 0.6 is 0 Å². The Morgan fingerprint density at radius 2 is 2.00 bits per heavy atom. The first-order chi connectivity index (χ1) is 13.0. The van der Waals surface area contributed by atoms with Crippen molar-refractivity contribution in [1.29, 1.82) is 0 Å². The maximum Gasteiger partial charge on any atom is 0.253 e. The topological polar surface area (TPSA) is 114 Å². The molecule has 1 aliphatic heterocycles. The lowest BCUT2D eigenvalue weighted by Gasteiger charge is -2.32. The van der Waals surface area contributed by atoms with Crippen LogP contribution in [-0.2, 0) is 11.3 Å². The zero-order chi connectivity index (χ0) is 19.4. The van der Waals surface area contributed by atoms with Gasteiger partial charge in [0.25, 0.3) is 5.91 Å². The molecule has 3 N–H and O–H groups in total. The number of carbonyl (C=O) groups is 2. The summed E-state index contributed by atoms with van der Waals surface area (Å²) in [6, 6.07) is 5.53. The van der Waals surface area contributed by atoms with Crippen LogP contribution in [0.4, 0.5) is 5.82 Å². The number of primary amides is 1. The number of carbonyl (C=O) groups excluding carboxylic acids is 2. The molecular weight excluding hydrogens is 344 g/mol. The van der Waals surface area contributed by atoms with Gasteiger partial charge in [-0.3, -0.25) is 9.59 Å². The first kappa shape index (κ1) is 18.8. The molecule has 3 heterocycles. The highest BCUT2D eigenvalue weighted by molar-refractivity contribution is 5.95. The Balaban J connectivity index is 1.69. The molecule has 0 atom stereocenters. The van der Waals surface area contributed by atoms with Crippen molar-refractivity contribution >= 4 is 17.6 Å². The van der Waals surface area contributed by atoms with Crippen molar-refractivity contribution in [2.24, 2.45) is 11.7 Å². The highest BCUT2D eigenvalue weighted by Gasteiger charge is 2.25. The van der Waals surface area contributed by atoms with E-state index in [2.05, 4.69) is 25.4 Å². The van der Waals surface area contributed by atoms with Gasteiger partial charge in [-0.15, -0.1) is 0 Å². The molecule has 0 saturated carbocycles. The van der Waals surface area contributed by atoms with Gasteiger partial charge in [0.1, 0.15) is 5.82 Å². The fraction of sp³-hybridized carbons (Fsp3) is 0.421. The summed E-state index contributed by atoms with van der Waals surface area (Å²) in [7, 11) is 0. The number of nitrogens with two attached hydrogens (primary N) is 1. The lowest BCUT2D eigenvalue weighted by atomic mass is 9.96. The third-order valence-electron chi connectivity index (χ3n) is 4.85. The monoisotopic (exact) mass is 368 g/mol. The molecule has 1 fully saturated rings. The number of rotatable bonds is 5. The molecule has 8 heteroatoms. The standard InChI is InChI=1S/C19H24N6O2/c1-12-10-16(13(2)24-23-12)19(27)22-11-15-4-3-7-21-18(15)25-8-5-14(6-9-25)17(20)26/h3-4,7,10,14H,5-6,8-9,11H2,1-2H3,(H2,20,26)(H,22,27). The molecule has 0 unspecified atom stereocenters. The first-order valence-electron chi connectivity index (χ1n) is 9.03. The second-order valence-corrected chi connectivity index (χ2v) is 6.82. The van der Waals surface area contributed by atoms with Crippen LogP contribution in [0.5, 0.6) is 0 Å². The van der Waals surface area contributed by atoms with Crippen LogP contribution in [-0.4, -0.2) is 40.1 Å². The molecular formula is C19H24N6O2. The minimum absolute atomic E-state index is 0.0708. The van der Waals surface area contributed by atoms with Gasteiger partial charge in [-0.05, 0) is 38.8 Å². The number of aryl methyl sites for hydroxylation is 2. The fourth-order valence-corrected chi connectivity index (χ4v) is 3.28. The summed E-state index contributed by atoms with van der Waals surface area (Å²) < 4.78 is 0. The summed E-state index contributed by atoms with van der Waals surface area (Å²) in [5.74, 6) is 0.340. The number of aromatic nitrogens is 3. The van der Waals surface area contributed by atoms with Crippen LogP contribution in [0.3, 0.4) is 0 Å². The van der Waals surface area contributed by atoms with Gasteiger partial charge in [0.15, 0.2) is 0 Å². The number of nitrogens with one attached hydrogen (secondary N) is 1. The van der Waals surface area contributed by atoms with E-state index in [4.69, 9.17) is 5.73 Å². The van der Waals surface area contributed by atoms with Gasteiger partial charge < -0.3 is 16.0 Å². The number of amides is 2. The molecule has 0 aliphatic carbocycles. The Bertz CT molecular complexity index is 846. The van der Waals surface area contributed by atoms with E-state index in [1.54, 1.807) is 26.1 Å². The van der Waals surface area contributed by atoms with Crippen LogP contribution in [0.1, 0.15) is 40.2 Å². The molecule has 0 radical (unpaired) electrons. The summed E-state index contributed by atoms with van der Waals surface area (Å²) >= 11 is 0. The van der Waals surface area contributed by atoms with Gasteiger partial charge in [0.05, 0.1) is 17.0 Å². The van der Waals surface area contributed by atoms with Crippen LogP contribution < -0.4 is 16.0 Å². The molecule has 2 aromatic heterocycles. The smallest absolute Gasteiger partial charge is 0.253 e. The largest absolute Gasteiger partial charge is 0.369 e. The highest BCUT2D eigenvalue weighted by atomic mass is 16.2. The van der Waals surface area contributed by atoms with Gasteiger partial charge in [-0.2, -0.15) is 10.2 Å². The Hall–Kier alpha value is -3.03. The number of piperidine rings is 1. The zero-order valence-electron chi connectivity index (χ0n) is 15.6. The average Bonchev–Trinajstić information content (AvgIpc) is 2.68. The van der Waals surface area contributed by atoms with Crippen LogP contribution in [0, 0.1) is 19.8 Å². The molecule has 3 rings (SSSR count). The van der Waals surface area contributed by atoms with E-state index >= 15 is 0 Å². The number of hydrogen-bond acceptors (Lipinski definition) is 6. The molecule has 27 heavy (non-hydrogen) atoms. The SMILES string of the molecule is Cc1cc(C(=O)NCc2cccnc2N2CCC(C(N)=O)CC2)c(C)nn1. The summed E-state index contributed by atoms with van der Waals surface area (Å²) in [6.45, 7) is 5.37. The van der Waals surface area contributed by atoms with Crippen molar-refractivity contribution in [2.75, 3.05) is 18.0 Å². The molecule has 1 aliphatic rings. The predicted octanol–water partition coefficient (Wildman–Crippen LogP) is 1.12. The molecule has 8 nitrogen and oxygen atoms in total. The fourth-order valence-electron chi connectivity index (χ4n) is 3.28. The number of hydrogen-bond donors (Lipinski definition) is 2. The van der Waals surface area contributed by atoms with E-state index in [0.29, 0.717) is 23.5 Å². The summed E-state index contributed by atoms with van der Waals surface area (Å²) in [4.78, 5) is 30.5. The van der Waals surface area contributed by atoms with Crippen molar-refractivity contribution in [3.63, 3.8) is 0 Å². The van der Waals surface area contributed by atoms with Gasteiger partial charge in [0, 0.05) is 37.3 Å². The van der Waals surface area contributed by atoms with Crippen LogP contribution in [0.25, 0.3) is 0 Å². The molecule has 2 amide bonds. The van der Waals surface area contributed by atoms with Gasteiger partial charge in [-0.1, -0.05) is 6.07 Å². The quantitative estimate of drug-likeness (QED) is 0.817. The summed E-state index contributed by atoms with van der Waals surface area (Å²) in [5.41, 5.74) is 8.16. The molecule has 0 aromatic carbocycles. The summed E-state index contributed by atoms with van der Waals surface area (Å²) in [5, 5.41) is 10.9. The van der Waals surface area contributed by atoms with Crippen LogP contribution in [0.15, 0.2) is 24.4 Å². The van der Waals surface area contributed by atoms with Crippen molar-refractivity contribution in [3.05, 3.63) is 46.9 Å². The Kier molecular flexibility index (Phi) is 5.63. The minimum Gasteiger partial charge on any atom is -0.369 e. The van der Waals surface area contributed by atoms with Crippen molar-refractivity contribution < 1.29 is 9.59 Å². The lowest BCUT2D eigenvalue weighted by Crippen LogP contribution is -2.39. The van der Waals surface area contributed by atoms with E-state index in [0.717, 1.165) is 37.3 Å². The van der Waals surface area contributed by atoms with Gasteiger partial charge in [-0.25, -0.2) is 4.98 Å². The Morgan fingerprint density at radius 1 is 1.26 bits per heavy atom. The van der Waals surface area contributed by atoms with Crippen molar-refractivity contribution in [3.8, 4) is 0 Å². The minimum atomic E-state index is -0.236. The second-order valence-electron chi connectivity index (χ2n) is 6.82. The number of pyridine rings is 1. The zero-order valence-corrected chi connectivity index (χ0v) is 15.6. The summed E-state index contributed by atoms with van der Waals surface area (Å²) in [6.07, 6.45) is 3.18. The van der Waals surface area contributed by atoms with E-state index in [1.807, 2.05) is 12.1 Å². The maximum absolute atomic E-state index is 12.5. The number of anilines is 1. The van der Waals surface area contributed by atoms with Crippen molar-refractivity contribution in [1.82, 2.24) is 20.5 Å². The third-order valence-corrected chi connectivity index (χ3v) is 4.85. The predicted molar refractivity (Wildman–Crippen MR) is 101 cm³/mol. The molecule has 142 valence electrons. The first-order valence-corrected chi connectivity index (χ1v) is 9.03. The lowest BCUT2D eigenvalue weighted by molar-refractivity contribution is -0.122. The van der Waals surface area contributed by atoms with Gasteiger partial charge in [0.2, 0.25) is 5.91 Å². The maximum atomic E-state index is 12.5. The van der Waals surface area contributed by atoms with Crippen molar-refractivity contribution in [2.45, 2.75) is 33.2 Å². The highest BCUT2D eigenvalue weighted by Crippen LogP contribution is 2.24. The molecule has 2 aromatic rings. The normalized spacial score (nSPS) is 14.8. The third kappa shape index (κ3) is 4.39.